The number of hydrogen-bond acceptors (Lipinski definition) is 0. The van der Waals surface area contributed by atoms with Crippen molar-refractivity contribution in [1.29, 1.82) is 0 Å². The Morgan fingerprint density at radius 3 is 1.27 bits per heavy atom. The zero-order valence-electron chi connectivity index (χ0n) is 6.17. The molecule has 0 heterocycles. The molecule has 0 amide bonds. The Morgan fingerprint density at radius 2 is 1.18 bits per heavy atom. The van der Waals surface area contributed by atoms with Gasteiger partial charge in [0.2, 0.25) is 0 Å². The molecule has 0 unspecified atom stereocenters. The molecule has 0 N–H and O–H groups in total. The molecule has 0 bridgehead atoms. The first kappa shape index (κ1) is 29.8. The molecule has 0 nitrogen and oxygen atoms in total. The van der Waals surface area contributed by atoms with Gasteiger partial charge in [0.15, 0.2) is 0 Å². The molecule has 0 aliphatic heterocycles. The summed E-state index contributed by atoms with van der Waals surface area (Å²) in [6.07, 6.45) is 0. The summed E-state index contributed by atoms with van der Waals surface area (Å²) < 4.78 is 0. The van der Waals surface area contributed by atoms with Crippen LogP contribution in [0.4, 0.5) is 0 Å². The van der Waals surface area contributed by atoms with Crippen LogP contribution in [-0.2, 0) is 18.6 Å². The van der Waals surface area contributed by atoms with Gasteiger partial charge in [-0.2, -0.15) is 25.1 Å². The largest absolute Gasteiger partial charge is 1.00 e. The monoisotopic (exact) mass is 250 g/mol. The van der Waals surface area contributed by atoms with Gasteiger partial charge in [0.1, 0.15) is 0 Å². The summed E-state index contributed by atoms with van der Waals surface area (Å²) in [5.41, 5.74) is 0. The Kier molecular flexibility index (Phi) is 83.4. The van der Waals surface area contributed by atoms with E-state index in [0.717, 1.165) is 0 Å². The van der Waals surface area contributed by atoms with Gasteiger partial charge in [-0.15, -0.1) is 0 Å². The van der Waals surface area contributed by atoms with Crippen LogP contribution in [0.2, 0.25) is 0 Å². The molecule has 0 saturated carbocycles. The van der Waals surface area contributed by atoms with Crippen LogP contribution in [0.25, 0.3) is 0 Å². The maximum atomic E-state index is 3.25. The SMILES string of the molecule is [CH2-]C.[Cl-].[Cl-].[Cl-].[V].c1cc[cH-]c1. The summed E-state index contributed by atoms with van der Waals surface area (Å²) in [5.74, 6) is 0. The van der Waals surface area contributed by atoms with Crippen molar-refractivity contribution in [2.45, 2.75) is 6.92 Å². The van der Waals surface area contributed by atoms with Crippen LogP contribution in [0.1, 0.15) is 6.92 Å². The van der Waals surface area contributed by atoms with Crippen LogP contribution in [0.15, 0.2) is 30.3 Å². The van der Waals surface area contributed by atoms with Crippen LogP contribution in [0, 0.1) is 6.92 Å². The van der Waals surface area contributed by atoms with Crippen molar-refractivity contribution >= 4 is 0 Å². The third-order valence-electron chi connectivity index (χ3n) is 0.556. The van der Waals surface area contributed by atoms with Crippen LogP contribution >= 0.6 is 0 Å². The van der Waals surface area contributed by atoms with E-state index in [2.05, 4.69) is 6.92 Å². The molecule has 0 saturated heterocycles. The maximum absolute atomic E-state index is 3.25. The van der Waals surface area contributed by atoms with Crippen LogP contribution in [0.5, 0.6) is 0 Å². The molecule has 1 aromatic rings. The van der Waals surface area contributed by atoms with Crippen molar-refractivity contribution in [2.24, 2.45) is 0 Å². The van der Waals surface area contributed by atoms with E-state index in [1.165, 1.54) is 0 Å². The average molecular weight is 251 g/mol. The molecule has 1 radical (unpaired) electrons. The van der Waals surface area contributed by atoms with Crippen molar-refractivity contribution in [3.63, 3.8) is 0 Å². The number of halogens is 3. The summed E-state index contributed by atoms with van der Waals surface area (Å²) in [6, 6.07) is 10.0. The van der Waals surface area contributed by atoms with Gasteiger partial charge in [0.05, 0.1) is 0 Å². The zero-order valence-corrected chi connectivity index (χ0v) is 9.84. The van der Waals surface area contributed by atoms with E-state index in [-0.39, 0.29) is 55.8 Å². The summed E-state index contributed by atoms with van der Waals surface area (Å²) in [5, 5.41) is 0. The zero-order chi connectivity index (χ0) is 5.54. The summed E-state index contributed by atoms with van der Waals surface area (Å²) >= 11 is 0. The van der Waals surface area contributed by atoms with E-state index >= 15 is 0 Å². The Hall–Kier alpha value is 0.804. The van der Waals surface area contributed by atoms with Crippen molar-refractivity contribution in [3.8, 4) is 0 Å². The van der Waals surface area contributed by atoms with Crippen LogP contribution < -0.4 is 37.2 Å². The summed E-state index contributed by atoms with van der Waals surface area (Å²) in [6.45, 7) is 5.00. The molecule has 1 aromatic carbocycles. The standard InChI is InChI=1S/C5H5.C2H5.3ClH.V/c1-2-4-5-3-1;1-2;;;;/h1-5H;1H2,2H3;3*1H;/q2*-1;;;;/p-3. The van der Waals surface area contributed by atoms with Gasteiger partial charge in [-0.1, -0.05) is 0 Å². The van der Waals surface area contributed by atoms with E-state index in [1.54, 1.807) is 6.92 Å². The molecule has 1 rings (SSSR count). The van der Waals surface area contributed by atoms with E-state index < -0.39 is 0 Å². The predicted molar refractivity (Wildman–Crippen MR) is 33.1 cm³/mol. The molecular formula is C7H10Cl3V-5. The summed E-state index contributed by atoms with van der Waals surface area (Å²) in [4.78, 5) is 0. The second kappa shape index (κ2) is 30.8. The molecule has 0 fully saturated rings. The van der Waals surface area contributed by atoms with Gasteiger partial charge in [0, 0.05) is 18.6 Å². The minimum atomic E-state index is 0. The minimum Gasteiger partial charge on any atom is -1.00 e. The van der Waals surface area contributed by atoms with Gasteiger partial charge in [0.25, 0.3) is 0 Å². The van der Waals surface area contributed by atoms with E-state index in [4.69, 9.17) is 0 Å². The van der Waals surface area contributed by atoms with Gasteiger partial charge in [-0.3, -0.25) is 0 Å². The second-order valence-electron chi connectivity index (χ2n) is 0.962. The quantitative estimate of drug-likeness (QED) is 0.402. The molecule has 0 aliphatic carbocycles. The minimum absolute atomic E-state index is 0. The first-order valence-electron chi connectivity index (χ1n) is 2.37. The molecule has 11 heavy (non-hydrogen) atoms. The fraction of sp³-hybridized carbons (Fsp3) is 0.143. The number of hydrogen-bond donors (Lipinski definition) is 0. The summed E-state index contributed by atoms with van der Waals surface area (Å²) in [7, 11) is 0. The van der Waals surface area contributed by atoms with E-state index in [1.807, 2.05) is 30.3 Å². The Labute approximate surface area is 99.6 Å². The normalized spacial score (nSPS) is 4.18. The van der Waals surface area contributed by atoms with Crippen molar-refractivity contribution in [2.75, 3.05) is 0 Å². The van der Waals surface area contributed by atoms with Crippen molar-refractivity contribution in [1.82, 2.24) is 0 Å². The van der Waals surface area contributed by atoms with Gasteiger partial charge in [-0.25, -0.2) is 12.1 Å². The molecule has 69 valence electrons. The van der Waals surface area contributed by atoms with Crippen molar-refractivity contribution in [3.05, 3.63) is 37.3 Å². The Balaban J connectivity index is -0.0000000189. The first-order chi connectivity index (χ1) is 3.50. The number of rotatable bonds is 0. The van der Waals surface area contributed by atoms with Crippen LogP contribution in [-0.4, -0.2) is 0 Å². The Morgan fingerprint density at radius 1 is 0.909 bits per heavy atom. The molecule has 4 heteroatoms. The van der Waals surface area contributed by atoms with E-state index in [0.29, 0.717) is 0 Å². The van der Waals surface area contributed by atoms with Crippen LogP contribution in [0.3, 0.4) is 0 Å². The van der Waals surface area contributed by atoms with Gasteiger partial charge >= 0.3 is 0 Å². The third-order valence-corrected chi connectivity index (χ3v) is 0.556. The molecule has 0 spiro atoms. The topological polar surface area (TPSA) is 0 Å². The first-order valence-corrected chi connectivity index (χ1v) is 2.37. The van der Waals surface area contributed by atoms with Crippen molar-refractivity contribution < 1.29 is 55.8 Å². The smallest absolute Gasteiger partial charge is 0 e. The maximum Gasteiger partial charge on any atom is 0 e. The third kappa shape index (κ3) is 24.9. The molecule has 0 aliphatic rings. The molecule has 0 aromatic heterocycles. The molecule has 0 atom stereocenters. The fourth-order valence-corrected chi connectivity index (χ4v) is 0.321. The van der Waals surface area contributed by atoms with Gasteiger partial charge < -0.3 is 44.1 Å². The second-order valence-corrected chi connectivity index (χ2v) is 0.962. The van der Waals surface area contributed by atoms with Gasteiger partial charge in [-0.05, 0) is 0 Å². The fourth-order valence-electron chi connectivity index (χ4n) is 0.321. The molecular weight excluding hydrogens is 241 g/mol. The predicted octanol–water partition coefficient (Wildman–Crippen LogP) is -6.74. The Bertz CT molecular complexity index is 70.2. The van der Waals surface area contributed by atoms with E-state index in [9.17, 15) is 0 Å². The average Bonchev–Trinajstić information content (AvgIpc) is 2.23.